The van der Waals surface area contributed by atoms with Gasteiger partial charge in [0.05, 0.1) is 18.1 Å². The lowest BCUT2D eigenvalue weighted by Gasteiger charge is -2.18. The van der Waals surface area contributed by atoms with Gasteiger partial charge in [0, 0.05) is 44.0 Å². The largest absolute Gasteiger partial charge is 0.371 e. The van der Waals surface area contributed by atoms with Crippen LogP contribution in [0.4, 0.5) is 5.69 Å². The smallest absolute Gasteiger partial charge is 0.179 e. The van der Waals surface area contributed by atoms with E-state index in [9.17, 15) is 0 Å². The van der Waals surface area contributed by atoms with E-state index in [-0.39, 0.29) is 0 Å². The van der Waals surface area contributed by atoms with E-state index in [0.29, 0.717) is 12.0 Å². The minimum atomic E-state index is 0.391. The zero-order valence-electron chi connectivity index (χ0n) is 13.2. The zero-order chi connectivity index (χ0) is 15.6. The average molecular weight is 307 g/mol. The number of anilines is 1. The number of aromatic nitrogens is 2. The van der Waals surface area contributed by atoms with E-state index in [1.165, 1.54) is 11.4 Å². The number of likely N-dealkylation sites (tertiary alicyclic amines) is 1. The third kappa shape index (κ3) is 2.77. The van der Waals surface area contributed by atoms with E-state index in [0.717, 1.165) is 39.0 Å². The molecule has 1 aromatic heterocycles. The molecule has 2 aromatic rings. The summed E-state index contributed by atoms with van der Waals surface area (Å²) in [5.74, 6) is 0.505. The van der Waals surface area contributed by atoms with Crippen LogP contribution in [0.15, 0.2) is 42.9 Å². The van der Waals surface area contributed by atoms with Crippen molar-refractivity contribution in [2.75, 3.05) is 31.1 Å². The average Bonchev–Trinajstić information content (AvgIpc) is 3.33. The Hall–Kier alpha value is -2.48. The molecule has 0 bridgehead atoms. The number of hydrogen-bond donors (Lipinski definition) is 0. The molecule has 4 rings (SSSR count). The second-order valence-electron chi connectivity index (χ2n) is 6.50. The van der Waals surface area contributed by atoms with Crippen molar-refractivity contribution in [2.45, 2.75) is 24.8 Å². The van der Waals surface area contributed by atoms with Gasteiger partial charge in [0.2, 0.25) is 0 Å². The molecule has 23 heavy (non-hydrogen) atoms. The Kier molecular flexibility index (Phi) is 3.66. The zero-order valence-corrected chi connectivity index (χ0v) is 13.2. The van der Waals surface area contributed by atoms with Gasteiger partial charge in [-0.25, -0.2) is 4.98 Å². The lowest BCUT2D eigenvalue weighted by Crippen LogP contribution is -2.19. The molecule has 3 heterocycles. The predicted octanol–water partition coefficient (Wildman–Crippen LogP) is 2.60. The normalized spacial score (nSPS) is 24.1. The van der Waals surface area contributed by atoms with Crippen LogP contribution in [-0.2, 0) is 0 Å². The molecule has 0 saturated carbocycles. The third-order valence-corrected chi connectivity index (χ3v) is 5.08. The van der Waals surface area contributed by atoms with Crippen LogP contribution < -0.4 is 4.90 Å². The number of imidazole rings is 1. The number of hydrogen-bond acceptors (Lipinski definition) is 4. The van der Waals surface area contributed by atoms with Gasteiger partial charge >= 0.3 is 0 Å². The first kappa shape index (κ1) is 14.1. The van der Waals surface area contributed by atoms with Crippen LogP contribution in [0.2, 0.25) is 0 Å². The molecule has 0 aliphatic carbocycles. The highest BCUT2D eigenvalue weighted by atomic mass is 15.2. The monoisotopic (exact) mass is 307 g/mol. The molecule has 2 aliphatic rings. The van der Waals surface area contributed by atoms with E-state index in [1.807, 2.05) is 11.2 Å². The quantitative estimate of drug-likeness (QED) is 0.818. The minimum Gasteiger partial charge on any atom is -0.371 e. The van der Waals surface area contributed by atoms with Crippen LogP contribution in [0.1, 0.15) is 30.5 Å². The predicted molar refractivity (Wildman–Crippen MR) is 89.1 cm³/mol. The summed E-state index contributed by atoms with van der Waals surface area (Å²) in [4.78, 5) is 8.93. The SMILES string of the molecule is N#CN1CCC(n2cnc(C3CCN(c4ccccc4)C3)c2)C1. The maximum Gasteiger partial charge on any atom is 0.179 e. The highest BCUT2D eigenvalue weighted by molar-refractivity contribution is 5.47. The maximum atomic E-state index is 8.99. The fourth-order valence-corrected chi connectivity index (χ4v) is 3.71. The molecule has 2 saturated heterocycles. The first-order chi connectivity index (χ1) is 11.3. The van der Waals surface area contributed by atoms with E-state index >= 15 is 0 Å². The summed E-state index contributed by atoms with van der Waals surface area (Å²) in [6.07, 6.45) is 8.58. The first-order valence-electron chi connectivity index (χ1n) is 8.31. The van der Waals surface area contributed by atoms with Crippen molar-refractivity contribution in [2.24, 2.45) is 0 Å². The molecule has 2 unspecified atom stereocenters. The first-order valence-corrected chi connectivity index (χ1v) is 8.31. The highest BCUT2D eigenvalue weighted by Gasteiger charge is 2.28. The van der Waals surface area contributed by atoms with Crippen LogP contribution in [0, 0.1) is 11.5 Å². The molecule has 2 atom stereocenters. The summed E-state index contributed by atoms with van der Waals surface area (Å²) in [6, 6.07) is 11.0. The number of rotatable bonds is 3. The molecule has 1 aromatic carbocycles. The maximum absolute atomic E-state index is 8.99. The van der Waals surface area contributed by atoms with Gasteiger partial charge < -0.3 is 14.4 Å². The van der Waals surface area contributed by atoms with Gasteiger partial charge in [0.15, 0.2) is 6.19 Å². The molecule has 118 valence electrons. The van der Waals surface area contributed by atoms with Crippen LogP contribution in [-0.4, -0.2) is 40.6 Å². The van der Waals surface area contributed by atoms with E-state index in [1.54, 1.807) is 0 Å². The Bertz CT molecular complexity index is 702. The molecule has 0 N–H and O–H groups in total. The Labute approximate surface area is 136 Å². The van der Waals surface area contributed by atoms with Crippen molar-refractivity contribution < 1.29 is 0 Å². The second-order valence-corrected chi connectivity index (χ2v) is 6.50. The van der Waals surface area contributed by atoms with Gasteiger partial charge in [0.25, 0.3) is 0 Å². The van der Waals surface area contributed by atoms with Crippen LogP contribution >= 0.6 is 0 Å². The van der Waals surface area contributed by atoms with Gasteiger partial charge in [-0.05, 0) is 25.0 Å². The number of nitriles is 1. The second kappa shape index (κ2) is 5.96. The lowest BCUT2D eigenvalue weighted by molar-refractivity contribution is 0.447. The van der Waals surface area contributed by atoms with Crippen LogP contribution in [0.5, 0.6) is 0 Å². The van der Waals surface area contributed by atoms with Crippen molar-refractivity contribution in [1.29, 1.82) is 5.26 Å². The van der Waals surface area contributed by atoms with Crippen molar-refractivity contribution in [3.8, 4) is 6.19 Å². The fourth-order valence-electron chi connectivity index (χ4n) is 3.71. The Balaban J connectivity index is 1.43. The highest BCUT2D eigenvalue weighted by Crippen LogP contribution is 2.31. The van der Waals surface area contributed by atoms with Gasteiger partial charge in [-0.1, -0.05) is 18.2 Å². The molecular weight excluding hydrogens is 286 g/mol. The van der Waals surface area contributed by atoms with E-state index in [4.69, 9.17) is 5.26 Å². The minimum absolute atomic E-state index is 0.391. The molecule has 2 fully saturated rings. The Morgan fingerprint density at radius 2 is 1.96 bits per heavy atom. The Morgan fingerprint density at radius 1 is 1.09 bits per heavy atom. The van der Waals surface area contributed by atoms with Gasteiger partial charge in [0.1, 0.15) is 0 Å². The molecule has 2 aliphatic heterocycles. The summed E-state index contributed by atoms with van der Waals surface area (Å²) in [5.41, 5.74) is 2.49. The molecule has 5 heteroatoms. The summed E-state index contributed by atoms with van der Waals surface area (Å²) in [7, 11) is 0. The Morgan fingerprint density at radius 3 is 2.74 bits per heavy atom. The molecule has 5 nitrogen and oxygen atoms in total. The van der Waals surface area contributed by atoms with Gasteiger partial charge in [-0.15, -0.1) is 0 Å². The van der Waals surface area contributed by atoms with E-state index in [2.05, 4.69) is 57.2 Å². The summed E-state index contributed by atoms with van der Waals surface area (Å²) >= 11 is 0. The van der Waals surface area contributed by atoms with E-state index < -0.39 is 0 Å². The van der Waals surface area contributed by atoms with Crippen molar-refractivity contribution in [1.82, 2.24) is 14.5 Å². The molecule has 0 radical (unpaired) electrons. The summed E-state index contributed by atoms with van der Waals surface area (Å²) < 4.78 is 2.21. The van der Waals surface area contributed by atoms with Crippen molar-refractivity contribution >= 4 is 5.69 Å². The number of benzene rings is 1. The number of para-hydroxylation sites is 1. The van der Waals surface area contributed by atoms with Gasteiger partial charge in [-0.3, -0.25) is 0 Å². The topological polar surface area (TPSA) is 48.1 Å². The van der Waals surface area contributed by atoms with Crippen molar-refractivity contribution in [3.63, 3.8) is 0 Å². The molecule has 0 amide bonds. The molecule has 0 spiro atoms. The lowest BCUT2D eigenvalue weighted by atomic mass is 10.1. The van der Waals surface area contributed by atoms with Gasteiger partial charge in [-0.2, -0.15) is 5.26 Å². The van der Waals surface area contributed by atoms with Crippen molar-refractivity contribution in [3.05, 3.63) is 48.5 Å². The fraction of sp³-hybridized carbons (Fsp3) is 0.444. The standard InChI is InChI=1S/C18H21N5/c19-13-21-8-7-17(11-21)23-12-18(20-14-23)15-6-9-22(10-15)16-4-2-1-3-5-16/h1-5,12,14-15,17H,6-11H2. The third-order valence-electron chi connectivity index (χ3n) is 5.08. The molecular formula is C18H21N5. The van der Waals surface area contributed by atoms with Crippen LogP contribution in [0.25, 0.3) is 0 Å². The summed E-state index contributed by atoms with van der Waals surface area (Å²) in [6.45, 7) is 3.80. The number of nitrogens with zero attached hydrogens (tertiary/aromatic N) is 5. The van der Waals surface area contributed by atoms with Crippen LogP contribution in [0.3, 0.4) is 0 Å². The summed E-state index contributed by atoms with van der Waals surface area (Å²) in [5, 5.41) is 8.99.